The zero-order valence-corrected chi connectivity index (χ0v) is 14.8. The Morgan fingerprint density at radius 2 is 2.37 bits per heavy atom. The van der Waals surface area contributed by atoms with E-state index in [-0.39, 0.29) is 6.61 Å². The zero-order valence-electron chi connectivity index (χ0n) is 9.71. The summed E-state index contributed by atoms with van der Waals surface area (Å²) in [5.41, 5.74) is 0. The third kappa shape index (κ3) is 5.86. The molecule has 7 nitrogen and oxygen atoms in total. The summed E-state index contributed by atoms with van der Waals surface area (Å²) in [7, 11) is 0. The molecule has 0 aromatic heterocycles. The molecule has 0 aliphatic carbocycles. The first-order chi connectivity index (χ1) is 8.85. The van der Waals surface area contributed by atoms with Crippen molar-refractivity contribution in [3.05, 3.63) is 33.0 Å². The molecule has 0 fully saturated rings. The second-order valence-corrected chi connectivity index (χ2v) is 10.9. The first kappa shape index (κ1) is 17.0. The van der Waals surface area contributed by atoms with Crippen molar-refractivity contribution >= 4 is 34.2 Å². The van der Waals surface area contributed by atoms with Gasteiger partial charge in [0.1, 0.15) is 0 Å². The van der Waals surface area contributed by atoms with Crippen molar-refractivity contribution < 1.29 is 43.9 Å². The third-order valence-electron chi connectivity index (χ3n) is 1.74. The number of amides is 1. The minimum absolute atomic E-state index is 0.152. The molecule has 2 N–H and O–H groups in total. The molecule has 0 spiro atoms. The van der Waals surface area contributed by atoms with Crippen LogP contribution in [0.25, 0.3) is 0 Å². The van der Waals surface area contributed by atoms with E-state index in [1.807, 2.05) is 0 Å². The number of quaternary nitrogens is 1. The molecule has 2 unspecified atom stereocenters. The molecule has 2 atom stereocenters. The average molecular weight is 513 g/mol. The molecule has 0 saturated heterocycles. The summed E-state index contributed by atoms with van der Waals surface area (Å²) in [5.74, 6) is 0. The molecule has 0 bridgehead atoms. The quantitative estimate of drug-likeness (QED) is 0.209. The van der Waals surface area contributed by atoms with Crippen molar-refractivity contribution in [2.75, 3.05) is 6.61 Å². The van der Waals surface area contributed by atoms with Gasteiger partial charge >= 0.3 is 134 Å². The van der Waals surface area contributed by atoms with E-state index in [9.17, 15) is 14.2 Å². The Labute approximate surface area is 133 Å². The predicted octanol–water partition coefficient (Wildman–Crippen LogP) is -2.03. The number of nitrogens with zero attached hydrogens (tertiary/aromatic N) is 1. The number of hydrogen-bond acceptors (Lipinski definition) is 5. The molecule has 0 aliphatic rings. The van der Waals surface area contributed by atoms with Gasteiger partial charge in [0, 0.05) is 0 Å². The number of hydrogen-bond donors (Lipinski definition) is 2. The normalized spacial score (nSPS) is 15.6. The van der Waals surface area contributed by atoms with Crippen LogP contribution in [0.4, 0.5) is 4.79 Å². The predicted molar refractivity (Wildman–Crippen MR) is 71.1 cm³/mol. The number of rotatable bonds is 4. The number of carbonyl (C=O) groups is 1. The monoisotopic (exact) mass is 513 g/mol. The summed E-state index contributed by atoms with van der Waals surface area (Å²) in [6.45, 7) is -1.17. The standard InChI is InChI=1S/C9H11I2N2O5S/c1-2-18-9(14)12-19(10,17)8-5-3-4-7(6-8)11-13(15)16/h3-6,13,15H,2H2,1H3/q-1. The van der Waals surface area contributed by atoms with Crippen LogP contribution in [-0.4, -0.2) is 22.1 Å². The van der Waals surface area contributed by atoms with Crippen LogP contribution in [0.5, 0.6) is 0 Å². The Bertz CT molecular complexity index is 571. The van der Waals surface area contributed by atoms with Crippen molar-refractivity contribution in [1.82, 2.24) is 0 Å². The molecule has 10 heteroatoms. The Balaban J connectivity index is 3.08. The second-order valence-electron chi connectivity index (χ2n) is 3.05. The third-order valence-corrected chi connectivity index (χ3v) is 6.83. The van der Waals surface area contributed by atoms with E-state index >= 15 is 0 Å². The van der Waals surface area contributed by atoms with Crippen molar-refractivity contribution in [1.29, 1.82) is 0 Å². The fourth-order valence-electron chi connectivity index (χ4n) is 1.07. The maximum absolute atomic E-state index is 12.3. The molecule has 1 aromatic carbocycles. The average Bonchev–Trinajstić information content (AvgIpc) is 2.28. The van der Waals surface area contributed by atoms with Gasteiger partial charge < -0.3 is 0 Å². The van der Waals surface area contributed by atoms with Gasteiger partial charge in [-0.05, 0) is 0 Å². The van der Waals surface area contributed by atoms with Gasteiger partial charge in [-0.1, -0.05) is 0 Å². The number of benzene rings is 1. The fourth-order valence-corrected chi connectivity index (χ4v) is 4.87. The van der Waals surface area contributed by atoms with E-state index in [0.29, 0.717) is 8.47 Å². The van der Waals surface area contributed by atoms with Crippen molar-refractivity contribution in [3.8, 4) is 0 Å². The van der Waals surface area contributed by atoms with E-state index in [4.69, 9.17) is 5.21 Å². The Morgan fingerprint density at radius 1 is 1.68 bits per heavy atom. The number of carbonyl (C=O) groups excluding carboxylic acids is 1. The van der Waals surface area contributed by atoms with Gasteiger partial charge in [-0.25, -0.2) is 0 Å². The summed E-state index contributed by atoms with van der Waals surface area (Å²) < 4.78 is 20.1. The zero-order chi connectivity index (χ0) is 14.5. The molecule has 0 heterocycles. The van der Waals surface area contributed by atoms with E-state index in [0.717, 1.165) is 0 Å². The van der Waals surface area contributed by atoms with Crippen LogP contribution in [0.3, 0.4) is 0 Å². The summed E-state index contributed by atoms with van der Waals surface area (Å²) in [6.07, 6.45) is -0.889. The Morgan fingerprint density at radius 3 is 2.95 bits per heavy atom. The molecule has 0 aliphatic heterocycles. The van der Waals surface area contributed by atoms with Gasteiger partial charge in [-0.15, -0.1) is 0 Å². The maximum atomic E-state index is 12.3. The molecular formula is C9H11I2N2O5S-. The van der Waals surface area contributed by atoms with Gasteiger partial charge in [-0.3, -0.25) is 0 Å². The van der Waals surface area contributed by atoms with Gasteiger partial charge in [0.05, 0.1) is 0 Å². The summed E-state index contributed by atoms with van der Waals surface area (Å²) in [6, 6.07) is 6.32. The molecule has 19 heavy (non-hydrogen) atoms. The fraction of sp³-hybridized carbons (Fsp3) is 0.222. The van der Waals surface area contributed by atoms with Crippen LogP contribution >= 0.6 is 21.2 Å². The molecule has 1 amide bonds. The van der Waals surface area contributed by atoms with Crippen LogP contribution in [0.1, 0.15) is 6.92 Å². The Hall–Kier alpha value is -0.0200. The van der Waals surface area contributed by atoms with Gasteiger partial charge in [-0.2, -0.15) is 0 Å². The van der Waals surface area contributed by atoms with E-state index < -0.39 is 37.9 Å². The van der Waals surface area contributed by atoms with Crippen molar-refractivity contribution in [3.63, 3.8) is 0 Å². The van der Waals surface area contributed by atoms with Crippen LogP contribution < -0.4 is 24.9 Å². The number of halogens is 2. The topological polar surface area (TPSA) is 103 Å². The Kier molecular flexibility index (Phi) is 6.89. The number of ether oxygens (including phenoxy) is 1. The molecule has 1 rings (SSSR count). The molecule has 1 aromatic rings. The minimum atomic E-state index is -2.94. The van der Waals surface area contributed by atoms with Crippen molar-refractivity contribution in [2.45, 2.75) is 11.8 Å². The van der Waals surface area contributed by atoms with Gasteiger partial charge in [0.25, 0.3) is 0 Å². The first-order valence-electron chi connectivity index (χ1n) is 4.96. The summed E-state index contributed by atoms with van der Waals surface area (Å²) in [5, 5.41) is 19.4. The molecule has 0 radical (unpaired) electrons. The van der Waals surface area contributed by atoms with Crippen LogP contribution in [0, 0.1) is 8.78 Å². The van der Waals surface area contributed by atoms with E-state index in [1.54, 1.807) is 46.3 Å². The van der Waals surface area contributed by atoms with Gasteiger partial charge in [0.15, 0.2) is 0 Å². The number of nitrogens with one attached hydrogen (secondary N) is 1. The van der Waals surface area contributed by atoms with E-state index in [2.05, 4.69) is 9.10 Å². The first-order valence-corrected chi connectivity index (χ1v) is 11.2. The summed E-state index contributed by atoms with van der Waals surface area (Å²) >= 11 is 0.376. The second kappa shape index (κ2) is 7.68. The summed E-state index contributed by atoms with van der Waals surface area (Å²) in [4.78, 5) is 11.6. The van der Waals surface area contributed by atoms with Crippen molar-refractivity contribution in [2.24, 2.45) is 4.36 Å². The SMILES string of the molecule is CCOC(=O)N=S(=O)(I)c1cccc([I-][NH+]([O-])O)c1. The molecule has 108 valence electrons. The molecular weight excluding hydrogens is 502 g/mol. The van der Waals surface area contributed by atoms with E-state index in [1.165, 1.54) is 6.07 Å². The molecule has 0 saturated carbocycles. The van der Waals surface area contributed by atoms with Gasteiger partial charge in [0.2, 0.25) is 0 Å². The van der Waals surface area contributed by atoms with Crippen LogP contribution in [0.15, 0.2) is 33.5 Å². The van der Waals surface area contributed by atoms with Crippen LogP contribution in [-0.2, 0) is 11.6 Å². The van der Waals surface area contributed by atoms with Crippen LogP contribution in [0.2, 0.25) is 0 Å².